The van der Waals surface area contributed by atoms with Crippen LogP contribution in [0.25, 0.3) is 0 Å². The lowest BCUT2D eigenvalue weighted by molar-refractivity contribution is -0.121. The van der Waals surface area contributed by atoms with Crippen molar-refractivity contribution in [2.45, 2.75) is 23.6 Å². The largest absolute Gasteiger partial charge is 0.367 e. The molecule has 5 nitrogen and oxygen atoms in total. The highest BCUT2D eigenvalue weighted by atomic mass is 32.2. The molecular formula is C19H19N3O2S2. The van der Waals surface area contributed by atoms with Crippen LogP contribution in [-0.2, 0) is 21.9 Å². The summed E-state index contributed by atoms with van der Waals surface area (Å²) >= 11 is 2.97. The third-order valence-electron chi connectivity index (χ3n) is 3.48. The minimum absolute atomic E-state index is 0.0136. The van der Waals surface area contributed by atoms with Gasteiger partial charge in [0.1, 0.15) is 6.61 Å². The lowest BCUT2D eigenvalue weighted by Gasteiger charge is -2.03. The van der Waals surface area contributed by atoms with Gasteiger partial charge in [0, 0.05) is 5.75 Å². The molecule has 3 aromatic rings. The fourth-order valence-electron chi connectivity index (χ4n) is 2.14. The smallest absolute Gasteiger partial charge is 0.252 e. The van der Waals surface area contributed by atoms with E-state index in [2.05, 4.69) is 46.7 Å². The number of nitrogens with one attached hydrogen (secondary N) is 1. The van der Waals surface area contributed by atoms with Gasteiger partial charge in [-0.2, -0.15) is 0 Å². The number of hydrogen-bond donors (Lipinski definition) is 1. The fourth-order valence-corrected chi connectivity index (χ4v) is 3.86. The topological polar surface area (TPSA) is 64.1 Å². The normalized spacial score (nSPS) is 10.7. The van der Waals surface area contributed by atoms with Crippen LogP contribution in [0, 0.1) is 6.92 Å². The standard InChI is InChI=1S/C19H19N3O2S2/c1-14-7-9-16(10-8-14)13-25-19-22-21-18(26-19)20-17(23)12-24-11-15-5-3-2-4-6-15/h2-10H,11-13H2,1H3,(H,20,21,23). The molecule has 0 atom stereocenters. The van der Waals surface area contributed by atoms with E-state index in [1.807, 2.05) is 30.3 Å². The number of nitrogens with zero attached hydrogens (tertiary/aromatic N) is 2. The molecule has 26 heavy (non-hydrogen) atoms. The van der Waals surface area contributed by atoms with Gasteiger partial charge < -0.3 is 4.74 Å². The molecule has 0 bridgehead atoms. The average Bonchev–Trinajstić information content (AvgIpc) is 3.09. The number of thioether (sulfide) groups is 1. The molecule has 134 valence electrons. The van der Waals surface area contributed by atoms with Crippen LogP contribution in [0.2, 0.25) is 0 Å². The van der Waals surface area contributed by atoms with Crippen molar-refractivity contribution in [1.29, 1.82) is 0 Å². The van der Waals surface area contributed by atoms with E-state index in [0.717, 1.165) is 15.7 Å². The first-order chi connectivity index (χ1) is 12.7. The van der Waals surface area contributed by atoms with Gasteiger partial charge in [0.15, 0.2) is 4.34 Å². The molecule has 0 radical (unpaired) electrons. The van der Waals surface area contributed by atoms with Gasteiger partial charge >= 0.3 is 0 Å². The first-order valence-corrected chi connectivity index (χ1v) is 9.92. The van der Waals surface area contributed by atoms with Crippen molar-refractivity contribution in [3.05, 3.63) is 71.3 Å². The second kappa shape index (κ2) is 9.47. The summed E-state index contributed by atoms with van der Waals surface area (Å²) in [5, 5.41) is 11.3. The molecule has 1 heterocycles. The van der Waals surface area contributed by atoms with E-state index in [4.69, 9.17) is 4.74 Å². The summed E-state index contributed by atoms with van der Waals surface area (Å²) in [4.78, 5) is 11.9. The molecule has 0 saturated carbocycles. The van der Waals surface area contributed by atoms with Crippen LogP contribution in [0.4, 0.5) is 5.13 Å². The third-order valence-corrected chi connectivity index (χ3v) is 5.52. The summed E-state index contributed by atoms with van der Waals surface area (Å²) in [5.74, 6) is 0.593. The van der Waals surface area contributed by atoms with Crippen molar-refractivity contribution in [3.63, 3.8) is 0 Å². The molecule has 1 amide bonds. The number of carbonyl (C=O) groups excluding carboxylic acids is 1. The van der Waals surface area contributed by atoms with Crippen LogP contribution in [0.1, 0.15) is 16.7 Å². The summed E-state index contributed by atoms with van der Waals surface area (Å²) in [6.45, 7) is 2.46. The maximum atomic E-state index is 11.9. The van der Waals surface area contributed by atoms with Crippen LogP contribution < -0.4 is 5.32 Å². The number of aryl methyl sites for hydroxylation is 1. The van der Waals surface area contributed by atoms with Gasteiger partial charge in [0.05, 0.1) is 6.61 Å². The van der Waals surface area contributed by atoms with Gasteiger partial charge in [-0.25, -0.2) is 0 Å². The zero-order valence-corrected chi connectivity index (χ0v) is 16.0. The monoisotopic (exact) mass is 385 g/mol. The van der Waals surface area contributed by atoms with Crippen molar-refractivity contribution in [2.24, 2.45) is 0 Å². The Morgan fingerprint density at radius 2 is 1.85 bits per heavy atom. The van der Waals surface area contributed by atoms with Gasteiger partial charge in [-0.1, -0.05) is 83.3 Å². The second-order valence-corrected chi connectivity index (χ2v) is 7.87. The summed E-state index contributed by atoms with van der Waals surface area (Å²) in [6, 6.07) is 18.1. The maximum Gasteiger partial charge on any atom is 0.252 e. The highest BCUT2D eigenvalue weighted by Crippen LogP contribution is 2.28. The van der Waals surface area contributed by atoms with E-state index in [1.54, 1.807) is 11.8 Å². The van der Waals surface area contributed by atoms with E-state index < -0.39 is 0 Å². The lowest BCUT2D eigenvalue weighted by atomic mass is 10.2. The molecule has 0 unspecified atom stereocenters. The van der Waals surface area contributed by atoms with Crippen LogP contribution in [0.3, 0.4) is 0 Å². The predicted molar refractivity (Wildman–Crippen MR) is 105 cm³/mol. The lowest BCUT2D eigenvalue weighted by Crippen LogP contribution is -2.18. The Morgan fingerprint density at radius 3 is 2.62 bits per heavy atom. The molecule has 1 N–H and O–H groups in total. The first-order valence-electron chi connectivity index (χ1n) is 8.12. The van der Waals surface area contributed by atoms with Crippen LogP contribution in [0.15, 0.2) is 58.9 Å². The van der Waals surface area contributed by atoms with Crippen molar-refractivity contribution >= 4 is 34.1 Å². The molecule has 0 fully saturated rings. The maximum absolute atomic E-state index is 11.9. The molecule has 0 aliphatic carbocycles. The Labute approximate surface area is 160 Å². The zero-order valence-electron chi connectivity index (χ0n) is 14.3. The Balaban J connectivity index is 1.41. The van der Waals surface area contributed by atoms with Crippen LogP contribution in [-0.4, -0.2) is 22.7 Å². The van der Waals surface area contributed by atoms with Gasteiger partial charge in [-0.3, -0.25) is 10.1 Å². The van der Waals surface area contributed by atoms with Crippen molar-refractivity contribution in [3.8, 4) is 0 Å². The fraction of sp³-hybridized carbons (Fsp3) is 0.211. The molecule has 0 aliphatic heterocycles. The van der Waals surface area contributed by atoms with Gasteiger partial charge in [-0.05, 0) is 18.1 Å². The summed E-state index contributed by atoms with van der Waals surface area (Å²) in [5.41, 5.74) is 3.51. The van der Waals surface area contributed by atoms with Gasteiger partial charge in [0.2, 0.25) is 5.13 Å². The number of rotatable bonds is 8. The molecule has 1 aromatic heterocycles. The van der Waals surface area contributed by atoms with E-state index in [0.29, 0.717) is 11.7 Å². The molecule has 2 aromatic carbocycles. The van der Waals surface area contributed by atoms with E-state index in [9.17, 15) is 4.79 Å². The number of carbonyl (C=O) groups is 1. The minimum atomic E-state index is -0.229. The van der Waals surface area contributed by atoms with E-state index in [-0.39, 0.29) is 12.5 Å². The van der Waals surface area contributed by atoms with E-state index >= 15 is 0 Å². The number of benzene rings is 2. The average molecular weight is 386 g/mol. The Hall–Kier alpha value is -2.22. The highest BCUT2D eigenvalue weighted by molar-refractivity contribution is 8.00. The van der Waals surface area contributed by atoms with Crippen LogP contribution in [0.5, 0.6) is 0 Å². The third kappa shape index (κ3) is 5.94. The quantitative estimate of drug-likeness (QED) is 0.463. The number of amides is 1. The second-order valence-electron chi connectivity index (χ2n) is 5.67. The molecule has 7 heteroatoms. The van der Waals surface area contributed by atoms with Crippen molar-refractivity contribution in [1.82, 2.24) is 10.2 Å². The molecule has 0 saturated heterocycles. The minimum Gasteiger partial charge on any atom is -0.367 e. The number of hydrogen-bond acceptors (Lipinski definition) is 6. The molecule has 0 aliphatic rings. The highest BCUT2D eigenvalue weighted by Gasteiger charge is 2.09. The molecule has 3 rings (SSSR count). The number of aromatic nitrogens is 2. The van der Waals surface area contributed by atoms with Crippen molar-refractivity contribution in [2.75, 3.05) is 11.9 Å². The summed E-state index contributed by atoms with van der Waals surface area (Å²) < 4.78 is 6.24. The van der Waals surface area contributed by atoms with Crippen LogP contribution >= 0.6 is 23.1 Å². The first kappa shape index (κ1) is 18.6. The Kier molecular flexibility index (Phi) is 6.76. The zero-order chi connectivity index (χ0) is 18.2. The SMILES string of the molecule is Cc1ccc(CSc2nnc(NC(=O)COCc3ccccc3)s2)cc1. The number of ether oxygens (including phenoxy) is 1. The van der Waals surface area contributed by atoms with Crippen molar-refractivity contribution < 1.29 is 9.53 Å². The molecule has 0 spiro atoms. The van der Waals surface area contributed by atoms with Gasteiger partial charge in [-0.15, -0.1) is 10.2 Å². The summed E-state index contributed by atoms with van der Waals surface area (Å²) in [7, 11) is 0. The van der Waals surface area contributed by atoms with Gasteiger partial charge in [0.25, 0.3) is 5.91 Å². The Morgan fingerprint density at radius 1 is 1.08 bits per heavy atom. The predicted octanol–water partition coefficient (Wildman–Crippen LogP) is 4.29. The summed E-state index contributed by atoms with van der Waals surface area (Å²) in [6.07, 6.45) is 0. The molecular weight excluding hydrogens is 366 g/mol. The van der Waals surface area contributed by atoms with E-state index in [1.165, 1.54) is 22.5 Å². The number of anilines is 1. The Bertz CT molecular complexity index is 836.